The van der Waals surface area contributed by atoms with Crippen molar-refractivity contribution in [2.24, 2.45) is 0 Å². The predicted molar refractivity (Wildman–Crippen MR) is 72.7 cm³/mol. The first-order valence-electron chi connectivity index (χ1n) is 6.16. The van der Waals surface area contributed by atoms with E-state index in [0.29, 0.717) is 12.1 Å². The molecule has 2 N–H and O–H groups in total. The van der Waals surface area contributed by atoms with Crippen molar-refractivity contribution in [1.82, 2.24) is 10.4 Å². The van der Waals surface area contributed by atoms with Crippen molar-refractivity contribution < 1.29 is 26.2 Å². The summed E-state index contributed by atoms with van der Waals surface area (Å²) in [5.74, 6) is -0.485. The van der Waals surface area contributed by atoms with Crippen LogP contribution in [0.25, 0.3) is 0 Å². The third-order valence-electron chi connectivity index (χ3n) is 3.21. The third-order valence-corrected chi connectivity index (χ3v) is 3.21. The molecule has 108 valence electrons. The number of nitrogens with one attached hydrogen (secondary N) is 2. The number of hydrogen-bond donors (Lipinski definition) is 2. The molecule has 0 saturated carbocycles. The molecule has 1 amide bonds. The van der Waals surface area contributed by atoms with Crippen LogP contribution in [0.15, 0.2) is 48.5 Å². The number of carbonyl (C=O) groups is 1. The molecule has 1 aliphatic heterocycles. The molecular weight excluding hydrogens is 337 g/mol. The Kier molecular flexibility index (Phi) is 4.37. The monoisotopic (exact) mass is 348 g/mol. The van der Waals surface area contributed by atoms with Gasteiger partial charge in [-0.2, -0.15) is 0 Å². The molecule has 2 aromatic carbocycles. The van der Waals surface area contributed by atoms with E-state index in [-0.39, 0.29) is 34.5 Å². The highest BCUT2D eigenvalue weighted by molar-refractivity contribution is 6.02. The van der Waals surface area contributed by atoms with Crippen LogP contribution in [0.4, 0.5) is 4.39 Å². The van der Waals surface area contributed by atoms with Crippen LogP contribution in [0.3, 0.4) is 0 Å². The molecule has 0 radical (unpaired) electrons. The Morgan fingerprint density at radius 3 is 2.48 bits per heavy atom. The zero-order chi connectivity index (χ0) is 14.1. The molecule has 0 atom stereocenters. The van der Waals surface area contributed by atoms with E-state index in [1.165, 1.54) is 29.3 Å². The molecule has 0 saturated heterocycles. The smallest absolute Gasteiger partial charge is 0.269 e. The number of carbonyl (C=O) groups excluding carboxylic acids is 1. The van der Waals surface area contributed by atoms with Gasteiger partial charge in [-0.3, -0.25) is 20.6 Å². The van der Waals surface area contributed by atoms with Crippen molar-refractivity contribution in [3.63, 3.8) is 0 Å². The Balaban J connectivity index is 0.00000161. The molecule has 0 unspecified atom stereocenters. The number of amidine groups is 1. The van der Waals surface area contributed by atoms with Gasteiger partial charge in [0.1, 0.15) is 11.7 Å². The van der Waals surface area contributed by atoms with Crippen LogP contribution in [-0.2, 0) is 6.54 Å². The van der Waals surface area contributed by atoms with Crippen LogP contribution in [0, 0.1) is 11.2 Å². The van der Waals surface area contributed by atoms with E-state index in [1.54, 1.807) is 0 Å². The summed E-state index contributed by atoms with van der Waals surface area (Å²) in [6, 6.07) is 12.8. The summed E-state index contributed by atoms with van der Waals surface area (Å²) in [5, 5.41) is 9.51. The zero-order valence-corrected chi connectivity index (χ0v) is 12.5. The fourth-order valence-electron chi connectivity index (χ4n) is 2.17. The van der Waals surface area contributed by atoms with Gasteiger partial charge in [-0.15, -0.1) is 0 Å². The number of benzene rings is 2. The molecule has 4 nitrogen and oxygen atoms in total. The zero-order valence-electron chi connectivity index (χ0n) is 10.9. The Morgan fingerprint density at radius 2 is 1.81 bits per heavy atom. The first-order chi connectivity index (χ1) is 9.65. The molecule has 0 aromatic heterocycles. The minimum atomic E-state index is -0.386. The van der Waals surface area contributed by atoms with E-state index in [9.17, 15) is 9.18 Å². The van der Waals surface area contributed by atoms with Crippen LogP contribution in [0.5, 0.6) is 0 Å². The number of hydrazine groups is 1. The fourth-order valence-corrected chi connectivity index (χ4v) is 2.17. The van der Waals surface area contributed by atoms with E-state index < -0.39 is 0 Å². The largest absolute Gasteiger partial charge is 1.00 e. The van der Waals surface area contributed by atoms with Gasteiger partial charge in [0.05, 0.1) is 6.54 Å². The highest BCUT2D eigenvalue weighted by Gasteiger charge is 2.25. The molecule has 3 rings (SSSR count). The van der Waals surface area contributed by atoms with Crippen LogP contribution >= 0.6 is 0 Å². The van der Waals surface area contributed by atoms with Crippen LogP contribution in [0.2, 0.25) is 0 Å². The van der Waals surface area contributed by atoms with Crippen molar-refractivity contribution in [2.75, 3.05) is 0 Å². The Morgan fingerprint density at radius 1 is 1.14 bits per heavy atom. The van der Waals surface area contributed by atoms with Crippen molar-refractivity contribution in [3.05, 3.63) is 71.0 Å². The number of halogens is 2. The number of fused-ring (bicyclic) bond motifs is 1. The van der Waals surface area contributed by atoms with Crippen molar-refractivity contribution in [3.8, 4) is 0 Å². The normalized spacial score (nSPS) is 12.6. The molecule has 0 aliphatic carbocycles. The number of hydrogen-bond acceptors (Lipinski definition) is 2. The summed E-state index contributed by atoms with van der Waals surface area (Å²) < 4.78 is 12.8. The van der Waals surface area contributed by atoms with Crippen molar-refractivity contribution >= 4 is 11.7 Å². The summed E-state index contributed by atoms with van der Waals surface area (Å²) in [4.78, 5) is 12.0. The van der Waals surface area contributed by atoms with Gasteiger partial charge in [-0.25, -0.2) is 4.39 Å². The first-order valence-corrected chi connectivity index (χ1v) is 6.16. The minimum Gasteiger partial charge on any atom is -1.00 e. The summed E-state index contributed by atoms with van der Waals surface area (Å²) >= 11 is 0. The Bertz CT molecular complexity index is 688. The summed E-state index contributed by atoms with van der Waals surface area (Å²) in [5.41, 5.74) is 4.82. The van der Waals surface area contributed by atoms with Gasteiger partial charge < -0.3 is 17.0 Å². The summed E-state index contributed by atoms with van der Waals surface area (Å²) in [7, 11) is 0. The van der Waals surface area contributed by atoms with E-state index >= 15 is 0 Å². The number of rotatable bonds is 2. The first kappa shape index (κ1) is 15.2. The Labute approximate surface area is 131 Å². The van der Waals surface area contributed by atoms with E-state index in [2.05, 4.69) is 5.43 Å². The SMILES string of the molecule is N=C1c2ccccc2CN1NC(=O)c1ccc(F)cc1.[Br-]. The fraction of sp³-hybridized carbons (Fsp3) is 0.0667. The van der Waals surface area contributed by atoms with Gasteiger partial charge >= 0.3 is 0 Å². The van der Waals surface area contributed by atoms with Crippen LogP contribution < -0.4 is 22.4 Å². The molecular formula is C15H12BrFN3O-. The minimum absolute atomic E-state index is 0. The molecule has 6 heteroatoms. The topological polar surface area (TPSA) is 56.2 Å². The molecule has 0 fully saturated rings. The second-order valence-corrected chi connectivity index (χ2v) is 4.54. The lowest BCUT2D eigenvalue weighted by Gasteiger charge is -2.18. The highest BCUT2D eigenvalue weighted by atomic mass is 79.9. The van der Waals surface area contributed by atoms with E-state index in [0.717, 1.165) is 11.1 Å². The van der Waals surface area contributed by atoms with Crippen LogP contribution in [-0.4, -0.2) is 16.8 Å². The van der Waals surface area contributed by atoms with Crippen molar-refractivity contribution in [2.45, 2.75) is 6.54 Å². The number of amides is 1. The maximum absolute atomic E-state index is 12.8. The van der Waals surface area contributed by atoms with E-state index in [1.807, 2.05) is 24.3 Å². The van der Waals surface area contributed by atoms with Crippen molar-refractivity contribution in [1.29, 1.82) is 5.41 Å². The molecule has 1 aliphatic rings. The van der Waals surface area contributed by atoms with Gasteiger partial charge in [0.2, 0.25) is 0 Å². The maximum atomic E-state index is 12.8. The summed E-state index contributed by atoms with van der Waals surface area (Å²) in [6.45, 7) is 0.460. The molecule has 0 spiro atoms. The molecule has 1 heterocycles. The van der Waals surface area contributed by atoms with Gasteiger partial charge in [0.25, 0.3) is 5.91 Å². The van der Waals surface area contributed by atoms with E-state index in [4.69, 9.17) is 5.41 Å². The second kappa shape index (κ2) is 6.05. The molecule has 2 aromatic rings. The standard InChI is InChI=1S/C15H12FN3O.BrH/c16-12-7-5-10(6-8-12)15(20)18-19-9-11-3-1-2-4-13(11)14(19)17;/h1-8,17H,9H2,(H,18,20);1H/p-1. The quantitative estimate of drug-likeness (QED) is 0.755. The average Bonchev–Trinajstić information content (AvgIpc) is 2.77. The van der Waals surface area contributed by atoms with Gasteiger partial charge in [0, 0.05) is 11.1 Å². The highest BCUT2D eigenvalue weighted by Crippen LogP contribution is 2.20. The predicted octanol–water partition coefficient (Wildman–Crippen LogP) is -0.684. The third kappa shape index (κ3) is 2.95. The van der Waals surface area contributed by atoms with Gasteiger partial charge in [-0.1, -0.05) is 24.3 Å². The van der Waals surface area contributed by atoms with Gasteiger partial charge in [0.15, 0.2) is 0 Å². The number of nitrogens with zero attached hydrogens (tertiary/aromatic N) is 1. The second-order valence-electron chi connectivity index (χ2n) is 4.54. The van der Waals surface area contributed by atoms with Crippen LogP contribution in [0.1, 0.15) is 21.5 Å². The molecule has 21 heavy (non-hydrogen) atoms. The summed E-state index contributed by atoms with van der Waals surface area (Å²) in [6.07, 6.45) is 0. The maximum Gasteiger partial charge on any atom is 0.269 e. The lowest BCUT2D eigenvalue weighted by Crippen LogP contribution is -3.00. The lowest BCUT2D eigenvalue weighted by molar-refractivity contribution is -0.0000137. The molecule has 0 bridgehead atoms. The Hall–Kier alpha value is -2.21. The van der Waals surface area contributed by atoms with Gasteiger partial charge in [-0.05, 0) is 29.8 Å². The average molecular weight is 349 g/mol. The lowest BCUT2D eigenvalue weighted by atomic mass is 10.1.